The quantitative estimate of drug-likeness (QED) is 0.0461. The summed E-state index contributed by atoms with van der Waals surface area (Å²) in [6, 6.07) is 0. The molecular formula is C31H30F16O12. The van der Waals surface area contributed by atoms with Gasteiger partial charge in [-0.15, -0.1) is 0 Å². The highest BCUT2D eigenvalue weighted by Crippen LogP contribution is 2.88. The van der Waals surface area contributed by atoms with E-state index in [2.05, 4.69) is 62.4 Å². The van der Waals surface area contributed by atoms with Gasteiger partial charge >= 0.3 is 59.1 Å². The van der Waals surface area contributed by atoms with Crippen LogP contribution in [0.5, 0.6) is 0 Å². The summed E-state index contributed by atoms with van der Waals surface area (Å²) in [6.45, 7) is 8.61. The maximum atomic E-state index is 17.0. The molecule has 0 saturated heterocycles. The van der Waals surface area contributed by atoms with Gasteiger partial charge in [-0.05, 0) is 41.5 Å². The molecule has 59 heavy (non-hydrogen) atoms. The lowest BCUT2D eigenvalue weighted by Crippen LogP contribution is -3.12. The van der Waals surface area contributed by atoms with Crippen molar-refractivity contribution in [2.45, 2.75) is 137 Å². The van der Waals surface area contributed by atoms with Crippen LogP contribution in [0.25, 0.3) is 0 Å². The molecule has 0 aromatic carbocycles. The number of hydrogen-bond acceptors (Lipinski definition) is 12. The SMILES string of the molecule is C=C(F)C(=O)OC(C)OC(C)OC12C(F)(F)C3(F)C(F)(F)C(OC(C)OC(C)OC(=O)C(=C)F)(C1(F)F)C(F)(F)C(OC(C)OC(C)OC(=O)C(=C)F)(C3(F)F)C2(F)F. The first-order valence-corrected chi connectivity index (χ1v) is 16.0. The van der Waals surface area contributed by atoms with Gasteiger partial charge in [-0.2, -0.15) is 65.9 Å². The van der Waals surface area contributed by atoms with Crippen molar-refractivity contribution in [3.63, 3.8) is 0 Å². The second-order valence-electron chi connectivity index (χ2n) is 12.7. The summed E-state index contributed by atoms with van der Waals surface area (Å²) >= 11 is 0. The first kappa shape index (κ1) is 49.6. The molecule has 0 aromatic rings. The average molecular weight is 899 g/mol. The zero-order valence-corrected chi connectivity index (χ0v) is 30.5. The summed E-state index contributed by atoms with van der Waals surface area (Å²) < 4.78 is 295. The summed E-state index contributed by atoms with van der Waals surface area (Å²) in [5.74, 6) is -58.6. The van der Waals surface area contributed by atoms with Gasteiger partial charge in [-0.3, -0.25) is 0 Å². The van der Waals surface area contributed by atoms with E-state index in [1.165, 1.54) is 0 Å². The van der Waals surface area contributed by atoms with Crippen molar-refractivity contribution in [3.05, 3.63) is 37.2 Å². The number of alkyl halides is 13. The van der Waals surface area contributed by atoms with Crippen LogP contribution in [0, 0.1) is 0 Å². The molecule has 0 aromatic heterocycles. The van der Waals surface area contributed by atoms with Gasteiger partial charge in [0.1, 0.15) is 0 Å². The summed E-state index contributed by atoms with van der Waals surface area (Å²) in [4.78, 5) is 34.5. The molecule has 338 valence electrons. The molecule has 12 nitrogen and oxygen atoms in total. The normalized spacial score (nSPS) is 33.1. The number of esters is 3. The topological polar surface area (TPSA) is 134 Å². The Bertz CT molecular complexity index is 1530. The van der Waals surface area contributed by atoms with Crippen LogP contribution in [0.1, 0.15) is 41.5 Å². The first-order valence-electron chi connectivity index (χ1n) is 16.0. The van der Waals surface area contributed by atoms with Crippen molar-refractivity contribution in [1.82, 2.24) is 0 Å². The first-order chi connectivity index (χ1) is 26.3. The van der Waals surface area contributed by atoms with Crippen LogP contribution in [0.15, 0.2) is 37.2 Å². The fourth-order valence-corrected chi connectivity index (χ4v) is 6.87. The lowest BCUT2D eigenvalue weighted by molar-refractivity contribution is -0.652. The highest BCUT2D eigenvalue weighted by Gasteiger charge is 3.23. The molecular weight excluding hydrogens is 868 g/mol. The molecule has 6 unspecified atom stereocenters. The molecule has 0 N–H and O–H groups in total. The van der Waals surface area contributed by atoms with Crippen LogP contribution in [0.3, 0.4) is 0 Å². The Hall–Kier alpha value is -3.73. The summed E-state index contributed by atoms with van der Waals surface area (Å²) in [5, 5.41) is 0. The molecule has 4 fully saturated rings. The van der Waals surface area contributed by atoms with Gasteiger partial charge in [0.2, 0.25) is 36.4 Å². The zero-order valence-electron chi connectivity index (χ0n) is 30.5. The van der Waals surface area contributed by atoms with Crippen molar-refractivity contribution in [3.8, 4) is 0 Å². The summed E-state index contributed by atoms with van der Waals surface area (Å²) in [6.07, 6.45) is -18.0. The van der Waals surface area contributed by atoms with Crippen LogP contribution in [0.4, 0.5) is 70.2 Å². The van der Waals surface area contributed by atoms with Crippen LogP contribution in [-0.2, 0) is 57.0 Å². The third kappa shape index (κ3) is 6.15. The number of hydrogen-bond donors (Lipinski definition) is 0. The largest absolute Gasteiger partial charge is 0.431 e. The Morgan fingerprint density at radius 3 is 0.729 bits per heavy atom. The number of carbonyl (C=O) groups excluding carboxylic acids is 3. The van der Waals surface area contributed by atoms with Crippen LogP contribution in [0.2, 0.25) is 0 Å². The van der Waals surface area contributed by atoms with Crippen LogP contribution in [-0.4, -0.2) is 114 Å². The highest BCUT2D eigenvalue weighted by atomic mass is 19.3. The number of rotatable bonds is 18. The van der Waals surface area contributed by atoms with Crippen LogP contribution >= 0.6 is 0 Å². The Morgan fingerprint density at radius 2 is 0.559 bits per heavy atom. The van der Waals surface area contributed by atoms with Crippen molar-refractivity contribution < 1.29 is 127 Å². The minimum Gasteiger partial charge on any atom is -0.431 e. The third-order valence-corrected chi connectivity index (χ3v) is 8.94. The zero-order chi connectivity index (χ0) is 46.3. The van der Waals surface area contributed by atoms with Gasteiger partial charge in [0.05, 0.1) is 0 Å². The lowest BCUT2D eigenvalue weighted by Gasteiger charge is -2.77. The second kappa shape index (κ2) is 15.0. The van der Waals surface area contributed by atoms with Crippen molar-refractivity contribution >= 4 is 17.9 Å². The molecule has 0 amide bonds. The molecule has 4 rings (SSSR count). The van der Waals surface area contributed by atoms with E-state index in [0.717, 1.165) is 0 Å². The highest BCUT2D eigenvalue weighted by molar-refractivity contribution is 5.86. The monoisotopic (exact) mass is 898 g/mol. The molecule has 4 bridgehead atoms. The molecule has 4 aliphatic carbocycles. The van der Waals surface area contributed by atoms with Gasteiger partial charge in [-0.25, -0.2) is 18.8 Å². The Kier molecular flexibility index (Phi) is 12.6. The fourth-order valence-electron chi connectivity index (χ4n) is 6.87. The van der Waals surface area contributed by atoms with Gasteiger partial charge in [0.25, 0.3) is 16.8 Å². The standard InChI is InChI=1S/C31H30F16O12/c1-10(32)19(48)54-13(4)51-16(7)57-23-26(36,37)22(35)27(38,39)24(29(23,42)43,58-17(8)52-14(5)55-20(49)11(2)33)31(46,47)25(28(22,40)41,30(23,44)45)59-18(9)53-15(6)56-21(50)12(3)34/h13-18H,1-3H2,4-9H3. The molecule has 0 aliphatic heterocycles. The van der Waals surface area contributed by atoms with Crippen molar-refractivity contribution in [1.29, 1.82) is 0 Å². The molecule has 4 aliphatic rings. The summed E-state index contributed by atoms with van der Waals surface area (Å²) in [5.41, 5.74) is -29.3. The Balaban J connectivity index is 2.47. The van der Waals surface area contributed by atoms with Gasteiger partial charge in [-0.1, -0.05) is 19.7 Å². The molecule has 28 heteroatoms. The van der Waals surface area contributed by atoms with E-state index in [-0.39, 0.29) is 20.8 Å². The molecule has 4 saturated carbocycles. The van der Waals surface area contributed by atoms with E-state index in [1.54, 1.807) is 0 Å². The minimum atomic E-state index is -7.84. The molecule has 0 radical (unpaired) electrons. The molecule has 0 heterocycles. The predicted molar refractivity (Wildman–Crippen MR) is 154 cm³/mol. The van der Waals surface area contributed by atoms with Gasteiger partial charge < -0.3 is 42.6 Å². The smallest absolute Gasteiger partial charge is 0.368 e. The van der Waals surface area contributed by atoms with Crippen LogP contribution < -0.4 is 0 Å². The van der Waals surface area contributed by atoms with E-state index >= 15 is 57.1 Å². The van der Waals surface area contributed by atoms with E-state index in [0.29, 0.717) is 20.8 Å². The average Bonchev–Trinajstić information content (AvgIpc) is 3.04. The minimum absolute atomic E-state index is 0.0309. The number of carbonyl (C=O) groups is 3. The van der Waals surface area contributed by atoms with E-state index < -0.39 is 131 Å². The Morgan fingerprint density at radius 1 is 0.373 bits per heavy atom. The predicted octanol–water partition coefficient (Wildman–Crippen LogP) is 7.02. The Labute approximate surface area is 320 Å². The van der Waals surface area contributed by atoms with E-state index in [9.17, 15) is 27.6 Å². The maximum absolute atomic E-state index is 17.0. The van der Waals surface area contributed by atoms with E-state index in [4.69, 9.17) is 0 Å². The maximum Gasteiger partial charge on any atom is 0.368 e. The fraction of sp³-hybridized carbons (Fsp3) is 0.710. The van der Waals surface area contributed by atoms with Gasteiger partial charge in [0, 0.05) is 0 Å². The second-order valence-corrected chi connectivity index (χ2v) is 12.7. The summed E-state index contributed by atoms with van der Waals surface area (Å²) in [7, 11) is 0. The van der Waals surface area contributed by atoms with Crippen molar-refractivity contribution in [2.24, 2.45) is 0 Å². The number of halogens is 16. The van der Waals surface area contributed by atoms with Gasteiger partial charge in [0.15, 0.2) is 18.9 Å². The third-order valence-electron chi connectivity index (χ3n) is 8.94. The molecule has 0 spiro atoms. The van der Waals surface area contributed by atoms with Crippen molar-refractivity contribution in [2.75, 3.05) is 0 Å². The van der Waals surface area contributed by atoms with E-state index in [1.807, 2.05) is 0 Å². The molecule has 6 atom stereocenters. The lowest BCUT2D eigenvalue weighted by atomic mass is 9.38. The number of ether oxygens (including phenoxy) is 9.